The maximum absolute atomic E-state index is 15.0. The molecule has 2 bridgehead atoms. The predicted octanol–water partition coefficient (Wildman–Crippen LogP) is 4.03. The number of aliphatic hydroxyl groups excluding tert-OH is 1. The van der Waals surface area contributed by atoms with Crippen molar-refractivity contribution in [1.29, 1.82) is 0 Å². The number of likely N-dealkylation sites (N-methyl/N-ethyl adjacent to an activating group) is 1. The van der Waals surface area contributed by atoms with Gasteiger partial charge in [-0.05, 0) is 50.2 Å². The highest BCUT2D eigenvalue weighted by Crippen LogP contribution is 2.65. The molecular weight excluding hydrogens is 518 g/mol. The van der Waals surface area contributed by atoms with Gasteiger partial charge in [-0.2, -0.15) is 0 Å². The van der Waals surface area contributed by atoms with Crippen LogP contribution in [0.1, 0.15) is 57.6 Å². The monoisotopic (exact) mass is 565 g/mol. The van der Waals surface area contributed by atoms with Gasteiger partial charge >= 0.3 is 0 Å². The Morgan fingerprint density at radius 1 is 1.15 bits per heavy atom. The molecule has 0 saturated carbocycles. The van der Waals surface area contributed by atoms with Crippen LogP contribution in [0, 0.1) is 31.6 Å². The second kappa shape index (κ2) is 11.7. The van der Waals surface area contributed by atoms with Gasteiger partial charge in [0.15, 0.2) is 0 Å². The van der Waals surface area contributed by atoms with E-state index in [-0.39, 0.29) is 36.8 Å². The third kappa shape index (κ3) is 4.63. The van der Waals surface area contributed by atoms with E-state index in [1.807, 2.05) is 52.8 Å². The van der Waals surface area contributed by atoms with Crippen LogP contribution < -0.4 is 4.90 Å². The van der Waals surface area contributed by atoms with Gasteiger partial charge < -0.3 is 24.5 Å². The molecule has 1 N–H and O–H groups in total. The molecular formula is C33H47N3O5. The minimum atomic E-state index is -1.17. The summed E-state index contributed by atoms with van der Waals surface area (Å²) in [7, 11) is 1.72. The van der Waals surface area contributed by atoms with Crippen molar-refractivity contribution in [3.05, 3.63) is 54.6 Å². The van der Waals surface area contributed by atoms with Crippen molar-refractivity contribution in [2.75, 3.05) is 31.6 Å². The molecule has 4 rings (SSSR count). The highest BCUT2D eigenvalue weighted by Gasteiger charge is 2.79. The van der Waals surface area contributed by atoms with Crippen LogP contribution in [0.4, 0.5) is 5.69 Å². The van der Waals surface area contributed by atoms with Gasteiger partial charge in [0, 0.05) is 25.8 Å². The molecule has 3 saturated heterocycles. The zero-order valence-corrected chi connectivity index (χ0v) is 25.6. The van der Waals surface area contributed by atoms with Crippen molar-refractivity contribution in [3.8, 4) is 0 Å². The van der Waals surface area contributed by atoms with E-state index in [1.165, 1.54) is 0 Å². The maximum atomic E-state index is 15.0. The van der Waals surface area contributed by atoms with Gasteiger partial charge in [0.05, 0.1) is 30.1 Å². The molecule has 41 heavy (non-hydrogen) atoms. The molecule has 3 heterocycles. The molecule has 224 valence electrons. The molecule has 3 fully saturated rings. The molecule has 8 nitrogen and oxygen atoms in total. The van der Waals surface area contributed by atoms with E-state index in [9.17, 15) is 19.5 Å². The van der Waals surface area contributed by atoms with Gasteiger partial charge in [-0.3, -0.25) is 14.4 Å². The van der Waals surface area contributed by atoms with Crippen LogP contribution in [0.3, 0.4) is 0 Å². The largest absolute Gasteiger partial charge is 0.394 e. The van der Waals surface area contributed by atoms with E-state index in [4.69, 9.17) is 4.74 Å². The molecule has 1 aromatic rings. The number of carbonyl (C=O) groups is 3. The summed E-state index contributed by atoms with van der Waals surface area (Å²) in [6.07, 6.45) is 5.70. The predicted molar refractivity (Wildman–Crippen MR) is 160 cm³/mol. The summed E-state index contributed by atoms with van der Waals surface area (Å²) in [4.78, 5) is 48.5. The average Bonchev–Trinajstić information content (AvgIpc) is 3.56. The molecule has 1 aromatic carbocycles. The Hall–Kier alpha value is -2.97. The van der Waals surface area contributed by atoms with Gasteiger partial charge in [0.1, 0.15) is 11.6 Å². The number of para-hydroxylation sites is 1. The Balaban J connectivity index is 1.93. The molecule has 0 aliphatic carbocycles. The topological polar surface area (TPSA) is 90.4 Å². The first-order valence-electron chi connectivity index (χ1n) is 15.0. The van der Waals surface area contributed by atoms with E-state index < -0.39 is 35.1 Å². The second-order valence-electron chi connectivity index (χ2n) is 12.2. The fourth-order valence-corrected chi connectivity index (χ4v) is 7.80. The number of aliphatic hydroxyl groups is 1. The van der Waals surface area contributed by atoms with Crippen LogP contribution >= 0.6 is 0 Å². The Morgan fingerprint density at radius 3 is 2.32 bits per heavy atom. The first-order valence-corrected chi connectivity index (χ1v) is 15.0. The van der Waals surface area contributed by atoms with E-state index in [2.05, 4.69) is 13.2 Å². The normalized spacial score (nSPS) is 29.7. The summed E-state index contributed by atoms with van der Waals surface area (Å²) < 4.78 is 6.96. The van der Waals surface area contributed by atoms with Crippen LogP contribution in [0.15, 0.2) is 43.5 Å². The summed E-state index contributed by atoms with van der Waals surface area (Å²) in [5, 5.41) is 10.7. The second-order valence-corrected chi connectivity index (χ2v) is 12.2. The SMILES string of the molecule is C=CCN(C)C(=O)[C@H]1[C@H]2C(=O)N([C@@H](CO)[C@@H](C)CC)C(C(=O)N(CC=C)c3c(C)cccc3C)C23CC[C@]1(CC)O3. The Morgan fingerprint density at radius 2 is 1.78 bits per heavy atom. The summed E-state index contributed by atoms with van der Waals surface area (Å²) in [6, 6.07) is 4.31. The van der Waals surface area contributed by atoms with Crippen LogP contribution in [-0.4, -0.2) is 82.7 Å². The highest BCUT2D eigenvalue weighted by atomic mass is 16.5. The molecule has 1 spiro atoms. The number of fused-ring (bicyclic) bond motifs is 1. The zero-order chi connectivity index (χ0) is 30.3. The van der Waals surface area contributed by atoms with Gasteiger partial charge in [-0.25, -0.2) is 0 Å². The van der Waals surface area contributed by atoms with E-state index in [0.717, 1.165) is 16.8 Å². The summed E-state index contributed by atoms with van der Waals surface area (Å²) in [6.45, 7) is 17.9. The Kier molecular flexibility index (Phi) is 8.86. The smallest absolute Gasteiger partial charge is 0.253 e. The molecule has 2 unspecified atom stereocenters. The fraction of sp³-hybridized carbons (Fsp3) is 0.606. The van der Waals surface area contributed by atoms with Crippen LogP contribution in [0.5, 0.6) is 0 Å². The summed E-state index contributed by atoms with van der Waals surface area (Å²) >= 11 is 0. The Labute approximate surface area is 245 Å². The lowest BCUT2D eigenvalue weighted by Gasteiger charge is -2.41. The fourth-order valence-electron chi connectivity index (χ4n) is 7.80. The quantitative estimate of drug-likeness (QED) is 0.387. The number of benzene rings is 1. The van der Waals surface area contributed by atoms with Gasteiger partial charge in [-0.15, -0.1) is 13.2 Å². The number of nitrogens with zero attached hydrogens (tertiary/aromatic N) is 3. The number of carbonyl (C=O) groups excluding carboxylic acids is 3. The molecule has 3 aliphatic rings. The van der Waals surface area contributed by atoms with Crippen LogP contribution in [-0.2, 0) is 19.1 Å². The Bertz CT molecular complexity index is 1190. The van der Waals surface area contributed by atoms with Crippen molar-refractivity contribution in [2.45, 2.75) is 83.6 Å². The molecule has 0 aromatic heterocycles. The first-order chi connectivity index (χ1) is 19.5. The van der Waals surface area contributed by atoms with Crippen molar-refractivity contribution in [3.63, 3.8) is 0 Å². The summed E-state index contributed by atoms with van der Waals surface area (Å²) in [5.74, 6) is -2.31. The van der Waals surface area contributed by atoms with Gasteiger partial charge in [0.25, 0.3) is 5.91 Å². The molecule has 7 atom stereocenters. The number of anilines is 1. The number of aryl methyl sites for hydroxylation is 2. The van der Waals surface area contributed by atoms with E-state index >= 15 is 0 Å². The number of rotatable bonds is 12. The van der Waals surface area contributed by atoms with Crippen molar-refractivity contribution in [2.24, 2.45) is 17.8 Å². The summed E-state index contributed by atoms with van der Waals surface area (Å²) in [5.41, 5.74) is 0.656. The number of amides is 3. The third-order valence-electron chi connectivity index (χ3n) is 10.0. The lowest BCUT2D eigenvalue weighted by molar-refractivity contribution is -0.154. The third-order valence-corrected chi connectivity index (χ3v) is 10.0. The first kappa shape index (κ1) is 31.0. The van der Waals surface area contributed by atoms with Crippen molar-refractivity contribution >= 4 is 23.4 Å². The maximum Gasteiger partial charge on any atom is 0.253 e. The molecule has 3 amide bonds. The van der Waals surface area contributed by atoms with Crippen LogP contribution in [0.2, 0.25) is 0 Å². The average molecular weight is 566 g/mol. The molecule has 0 radical (unpaired) electrons. The molecule has 3 aliphatic heterocycles. The number of hydrogen-bond donors (Lipinski definition) is 1. The minimum Gasteiger partial charge on any atom is -0.394 e. The van der Waals surface area contributed by atoms with Gasteiger partial charge in [0.2, 0.25) is 11.8 Å². The zero-order valence-electron chi connectivity index (χ0n) is 25.6. The van der Waals surface area contributed by atoms with Crippen molar-refractivity contribution < 1.29 is 24.2 Å². The van der Waals surface area contributed by atoms with Crippen LogP contribution in [0.25, 0.3) is 0 Å². The van der Waals surface area contributed by atoms with E-state index in [0.29, 0.717) is 32.2 Å². The number of ether oxygens (including phenoxy) is 1. The highest BCUT2D eigenvalue weighted by molar-refractivity contribution is 6.06. The molecule has 8 heteroatoms. The lowest BCUT2D eigenvalue weighted by atomic mass is 9.64. The van der Waals surface area contributed by atoms with Gasteiger partial charge in [-0.1, -0.05) is 57.5 Å². The van der Waals surface area contributed by atoms with E-state index in [1.54, 1.807) is 33.9 Å². The number of hydrogen-bond acceptors (Lipinski definition) is 5. The standard InChI is InChI=1S/C33H47N3O5/c1-9-18-34(8)29(38)25-26-30(39)36(24(20-37)21(5)11-3)28(33(26)17-16-32(25,12-4)41-33)31(40)35(19-10-2)27-22(6)14-13-15-23(27)7/h9-10,13-15,21,24-26,28,37H,1-2,11-12,16-20H2,3-8H3/t21-,24-,25+,26-,28?,32-,33?/m0/s1. The minimum absolute atomic E-state index is 0.0718. The number of likely N-dealkylation sites (tertiary alicyclic amines) is 1. The van der Waals surface area contributed by atoms with Crippen molar-refractivity contribution in [1.82, 2.24) is 9.80 Å². The lowest BCUT2D eigenvalue weighted by Crippen LogP contribution is -2.60.